The van der Waals surface area contributed by atoms with Crippen LogP contribution in [0.15, 0.2) is 215 Å². The van der Waals surface area contributed by atoms with Crippen LogP contribution in [-0.4, -0.2) is 5.71 Å². The SMILES string of the molecule is C=C1C(c2ccccc2)=C(C)C(c2ccc(-c3ccc4ccccc4c3)c3oc4ccc5ccccc5c4c23)=NC1c1ccc(-c2ccc3ccccc3c2)cc1. The monoisotopic (exact) mass is 727 g/mol. The summed E-state index contributed by atoms with van der Waals surface area (Å²) < 4.78 is 6.96. The smallest absolute Gasteiger partial charge is 0.143 e. The zero-order chi connectivity index (χ0) is 38.0. The summed E-state index contributed by atoms with van der Waals surface area (Å²) >= 11 is 0. The highest BCUT2D eigenvalue weighted by Gasteiger charge is 2.30. The van der Waals surface area contributed by atoms with Crippen molar-refractivity contribution in [2.75, 3.05) is 0 Å². The van der Waals surface area contributed by atoms with Gasteiger partial charge >= 0.3 is 0 Å². The number of nitrogens with zero attached hydrogens (tertiary/aromatic N) is 1. The van der Waals surface area contributed by atoms with Crippen LogP contribution in [0.25, 0.3) is 82.1 Å². The van der Waals surface area contributed by atoms with Gasteiger partial charge in [-0.3, -0.25) is 4.99 Å². The van der Waals surface area contributed by atoms with E-state index in [0.717, 1.165) is 77.6 Å². The van der Waals surface area contributed by atoms with Gasteiger partial charge in [-0.05, 0) is 108 Å². The summed E-state index contributed by atoms with van der Waals surface area (Å²) in [5.74, 6) is 0. The van der Waals surface area contributed by atoms with Gasteiger partial charge in [0.2, 0.25) is 0 Å². The van der Waals surface area contributed by atoms with Gasteiger partial charge in [-0.25, -0.2) is 0 Å². The largest absolute Gasteiger partial charge is 0.455 e. The van der Waals surface area contributed by atoms with Gasteiger partial charge in [-0.1, -0.05) is 170 Å². The maximum Gasteiger partial charge on any atom is 0.143 e. The Morgan fingerprint density at radius 3 is 1.79 bits per heavy atom. The molecule has 0 saturated heterocycles. The molecule has 2 heterocycles. The van der Waals surface area contributed by atoms with E-state index >= 15 is 0 Å². The Morgan fingerprint density at radius 1 is 0.474 bits per heavy atom. The van der Waals surface area contributed by atoms with E-state index in [2.05, 4.69) is 195 Å². The maximum atomic E-state index is 6.96. The Bertz CT molecular complexity index is 3310. The first-order chi connectivity index (χ1) is 28.1. The van der Waals surface area contributed by atoms with E-state index < -0.39 is 0 Å². The van der Waals surface area contributed by atoms with E-state index in [0.29, 0.717) is 0 Å². The van der Waals surface area contributed by atoms with Crippen molar-refractivity contribution in [3.05, 3.63) is 222 Å². The molecule has 0 fully saturated rings. The lowest BCUT2D eigenvalue weighted by Crippen LogP contribution is -2.17. The second-order valence-corrected chi connectivity index (χ2v) is 15.1. The zero-order valence-electron chi connectivity index (χ0n) is 31.5. The van der Waals surface area contributed by atoms with Gasteiger partial charge in [0.15, 0.2) is 0 Å². The molecule has 2 nitrogen and oxygen atoms in total. The van der Waals surface area contributed by atoms with Crippen LogP contribution in [0.3, 0.4) is 0 Å². The van der Waals surface area contributed by atoms with Gasteiger partial charge in [-0.15, -0.1) is 0 Å². The molecule has 0 radical (unpaired) electrons. The molecule has 0 spiro atoms. The summed E-state index contributed by atoms with van der Waals surface area (Å²) in [4.78, 5) is 5.68. The Morgan fingerprint density at radius 2 is 1.05 bits per heavy atom. The summed E-state index contributed by atoms with van der Waals surface area (Å²) in [5.41, 5.74) is 13.8. The summed E-state index contributed by atoms with van der Waals surface area (Å²) in [6.07, 6.45) is 0. The number of furan rings is 1. The van der Waals surface area contributed by atoms with Crippen molar-refractivity contribution in [3.63, 3.8) is 0 Å². The van der Waals surface area contributed by atoms with Gasteiger partial charge < -0.3 is 4.42 Å². The van der Waals surface area contributed by atoms with Crippen molar-refractivity contribution in [1.29, 1.82) is 0 Å². The average Bonchev–Trinajstić information content (AvgIpc) is 3.67. The average molecular weight is 728 g/mol. The van der Waals surface area contributed by atoms with Crippen LogP contribution < -0.4 is 0 Å². The van der Waals surface area contributed by atoms with Gasteiger partial charge in [-0.2, -0.15) is 0 Å². The van der Waals surface area contributed by atoms with E-state index in [1.807, 2.05) is 0 Å². The van der Waals surface area contributed by atoms with Gasteiger partial charge in [0.05, 0.1) is 5.71 Å². The highest BCUT2D eigenvalue weighted by molar-refractivity contribution is 6.31. The number of benzene rings is 9. The van der Waals surface area contributed by atoms with Gasteiger partial charge in [0.1, 0.15) is 17.2 Å². The molecule has 11 rings (SSSR count). The molecule has 9 aromatic carbocycles. The molecule has 2 heteroatoms. The fraction of sp³-hybridized carbons (Fsp3) is 0.0364. The summed E-state index contributed by atoms with van der Waals surface area (Å²) in [6.45, 7) is 6.96. The molecule has 0 aliphatic carbocycles. The van der Waals surface area contributed by atoms with Gasteiger partial charge in [0.25, 0.3) is 0 Å². The lowest BCUT2D eigenvalue weighted by atomic mass is 9.81. The van der Waals surface area contributed by atoms with Crippen LogP contribution in [-0.2, 0) is 0 Å². The Labute approximate surface area is 331 Å². The fourth-order valence-electron chi connectivity index (χ4n) is 9.00. The second-order valence-electron chi connectivity index (χ2n) is 15.1. The minimum Gasteiger partial charge on any atom is -0.455 e. The minimum atomic E-state index is -0.283. The third-order valence-corrected chi connectivity index (χ3v) is 11.8. The van der Waals surface area contributed by atoms with E-state index in [1.165, 1.54) is 38.1 Å². The number of dihydropyridines is 1. The molecular formula is C55H37NO. The molecule has 1 aliphatic rings. The fourth-order valence-corrected chi connectivity index (χ4v) is 9.00. The molecule has 1 aliphatic heterocycles. The van der Waals surface area contributed by atoms with E-state index in [9.17, 15) is 0 Å². The maximum absolute atomic E-state index is 6.96. The van der Waals surface area contributed by atoms with E-state index in [1.54, 1.807) is 0 Å². The molecule has 57 heavy (non-hydrogen) atoms. The second kappa shape index (κ2) is 13.2. The third kappa shape index (κ3) is 5.44. The van der Waals surface area contributed by atoms with Crippen LogP contribution in [0.5, 0.6) is 0 Å². The molecule has 1 atom stereocenters. The highest BCUT2D eigenvalue weighted by Crippen LogP contribution is 2.46. The van der Waals surface area contributed by atoms with Crippen LogP contribution in [0.2, 0.25) is 0 Å². The van der Waals surface area contributed by atoms with Crippen LogP contribution in [0.1, 0.15) is 29.7 Å². The molecule has 1 unspecified atom stereocenters. The lowest BCUT2D eigenvalue weighted by molar-refractivity contribution is 0.670. The number of rotatable bonds is 5. The van der Waals surface area contributed by atoms with E-state index in [4.69, 9.17) is 16.0 Å². The summed E-state index contributed by atoms with van der Waals surface area (Å²) in [5, 5.41) is 9.42. The van der Waals surface area contributed by atoms with E-state index in [-0.39, 0.29) is 6.04 Å². The van der Waals surface area contributed by atoms with Gasteiger partial charge in [0, 0.05) is 21.9 Å². The van der Waals surface area contributed by atoms with Crippen molar-refractivity contribution in [2.24, 2.45) is 4.99 Å². The van der Waals surface area contributed by atoms with Crippen LogP contribution in [0, 0.1) is 0 Å². The van der Waals surface area contributed by atoms with Crippen molar-refractivity contribution < 1.29 is 4.42 Å². The molecule has 10 aromatic rings. The zero-order valence-corrected chi connectivity index (χ0v) is 31.5. The molecule has 0 bridgehead atoms. The number of fused-ring (bicyclic) bond motifs is 7. The molecular weight excluding hydrogens is 691 g/mol. The number of hydrogen-bond acceptors (Lipinski definition) is 2. The summed E-state index contributed by atoms with van der Waals surface area (Å²) in [7, 11) is 0. The molecule has 0 saturated carbocycles. The van der Waals surface area contributed by atoms with Crippen molar-refractivity contribution in [2.45, 2.75) is 13.0 Å². The lowest BCUT2D eigenvalue weighted by Gasteiger charge is -2.29. The molecule has 0 N–H and O–H groups in total. The topological polar surface area (TPSA) is 25.5 Å². The quantitative estimate of drug-likeness (QED) is 0.173. The number of aliphatic imine (C=N–C) groups is 1. The Hall–Kier alpha value is -7.29. The van der Waals surface area contributed by atoms with Crippen LogP contribution in [0.4, 0.5) is 0 Å². The number of allylic oxidation sites excluding steroid dienone is 1. The predicted molar refractivity (Wildman–Crippen MR) is 241 cm³/mol. The van der Waals surface area contributed by atoms with Crippen molar-refractivity contribution >= 4 is 65.5 Å². The third-order valence-electron chi connectivity index (χ3n) is 11.8. The Balaban J connectivity index is 1.14. The molecule has 1 aromatic heterocycles. The number of hydrogen-bond donors (Lipinski definition) is 0. The predicted octanol–water partition coefficient (Wildman–Crippen LogP) is 15.0. The summed E-state index contributed by atoms with van der Waals surface area (Å²) in [6, 6.07) is 67.0. The minimum absolute atomic E-state index is 0.283. The molecule has 0 amide bonds. The Kier molecular flexibility index (Phi) is 7.65. The highest BCUT2D eigenvalue weighted by atomic mass is 16.3. The first-order valence-electron chi connectivity index (χ1n) is 19.6. The van der Waals surface area contributed by atoms with Crippen molar-refractivity contribution in [3.8, 4) is 22.3 Å². The normalized spacial score (nSPS) is 14.6. The standard InChI is InChI=1S/C55H37NO/c1-34-50(40-15-4-3-5-16-40)35(2)54(56-53(34)41-24-20-38(21-25-41)44-26-22-36-12-6-8-17-42(36)32-44)48-30-29-47(45-27-23-37-13-7-9-18-43(37)33-45)55-52(48)51-46-19-11-10-14-39(46)28-31-49(51)57-55/h3-33,53H,1H2,2H3. The molecule has 268 valence electrons. The first kappa shape index (κ1) is 33.1. The van der Waals surface area contributed by atoms with Crippen molar-refractivity contribution in [1.82, 2.24) is 0 Å². The first-order valence-corrected chi connectivity index (χ1v) is 19.6. The van der Waals surface area contributed by atoms with Crippen LogP contribution >= 0.6 is 0 Å².